The molecule has 6 N–H and O–H groups in total. The highest BCUT2D eigenvalue weighted by Crippen LogP contribution is 2.25. The predicted octanol–water partition coefficient (Wildman–Crippen LogP) is 14.0. The van der Waals surface area contributed by atoms with Gasteiger partial charge in [0.15, 0.2) is 11.5 Å². The van der Waals surface area contributed by atoms with E-state index in [0.29, 0.717) is 74.0 Å². The van der Waals surface area contributed by atoms with Crippen molar-refractivity contribution in [3.05, 3.63) is 234 Å². The molecule has 0 spiro atoms. The van der Waals surface area contributed by atoms with Gasteiger partial charge in [0.25, 0.3) is 11.8 Å². The fraction of sp³-hybridized carbons (Fsp3) is 0.169. The van der Waals surface area contributed by atoms with Crippen LogP contribution in [0.3, 0.4) is 0 Å². The molecule has 0 aliphatic carbocycles. The van der Waals surface area contributed by atoms with E-state index in [1.54, 1.807) is 80.6 Å². The molecule has 0 bridgehead atoms. The fourth-order valence-electron chi connectivity index (χ4n) is 7.43. The van der Waals surface area contributed by atoms with Gasteiger partial charge in [0.2, 0.25) is 5.76 Å². The minimum Gasteiger partial charge on any atom is -0.481 e. The third-order valence-corrected chi connectivity index (χ3v) is 11.5. The van der Waals surface area contributed by atoms with Gasteiger partial charge in [-0.1, -0.05) is 135 Å². The van der Waals surface area contributed by atoms with Crippen molar-refractivity contribution < 1.29 is 61.7 Å². The summed E-state index contributed by atoms with van der Waals surface area (Å²) in [6, 6.07) is 60.5. The molecule has 0 saturated carbocycles. The number of hydrogen-bond donors (Lipinski definition) is 5. The first-order chi connectivity index (χ1) is 38.8. The summed E-state index contributed by atoms with van der Waals surface area (Å²) in [6.45, 7) is 4.43. The molecule has 0 fully saturated rings. The largest absolute Gasteiger partial charge is 0.481 e. The van der Waals surface area contributed by atoms with Crippen molar-refractivity contribution in [2.75, 3.05) is 29.6 Å². The summed E-state index contributed by atoms with van der Waals surface area (Å²) >= 11 is 0. The standard InChI is InChI=1S/C22H21NO4.C20H17NO4.C11H15NO2.C11H8O3.CH4/c1-2-26-21(24)15-10-16-8-11-18(12-9-16)23-22(25)20-14-13-19(27-20)17-6-4-3-5-7-17;22-19(23)13-8-14-6-9-16(10-7-14)21-20(24)18-12-11-17(25-18)15-4-2-1-3-5-15;1-2-14-11(13)8-5-9-3-6-10(12)7-4-9;12-11(13)10-7-6-9(14-10)8-4-2-1-3-5-8;/h3-9,11-14H,2,10,15H2,1H3,(H,23,25);1-7,9-12H,8,13H2,(H,21,24)(H,22,23);3-4,6-7H,2,5,8,12H2,1H3;1-7H,(H,12,13);1H4. The molecule has 0 saturated heterocycles. The second-order valence-corrected chi connectivity index (χ2v) is 17.4. The minimum absolute atomic E-state index is 0. The number of amides is 2. The average molecular weight is 1100 g/mol. The van der Waals surface area contributed by atoms with E-state index in [-0.39, 0.29) is 54.9 Å². The molecule has 2 amide bonds. The number of benzene rings is 6. The number of carboxylic acid groups (broad SMARTS) is 2. The van der Waals surface area contributed by atoms with Crippen molar-refractivity contribution in [3.8, 4) is 34.0 Å². The van der Waals surface area contributed by atoms with Gasteiger partial charge in [0, 0.05) is 53.0 Å². The van der Waals surface area contributed by atoms with Gasteiger partial charge in [-0.15, -0.1) is 0 Å². The van der Waals surface area contributed by atoms with Crippen molar-refractivity contribution in [1.29, 1.82) is 0 Å². The smallest absolute Gasteiger partial charge is 0.371 e. The van der Waals surface area contributed by atoms with Crippen LogP contribution in [-0.4, -0.2) is 59.1 Å². The zero-order valence-corrected chi connectivity index (χ0v) is 44.2. The Balaban J connectivity index is 0.000000206. The van der Waals surface area contributed by atoms with Crippen LogP contribution < -0.4 is 16.4 Å². The van der Waals surface area contributed by atoms with Crippen molar-refractivity contribution in [1.82, 2.24) is 0 Å². The van der Waals surface area contributed by atoms with Gasteiger partial charge in [0.05, 0.1) is 13.2 Å². The first kappa shape index (κ1) is 61.6. The van der Waals surface area contributed by atoms with Crippen LogP contribution in [0.2, 0.25) is 0 Å². The summed E-state index contributed by atoms with van der Waals surface area (Å²) < 4.78 is 26.1. The first-order valence-electron chi connectivity index (χ1n) is 25.6. The van der Waals surface area contributed by atoms with Crippen LogP contribution in [0.15, 0.2) is 213 Å². The topological polar surface area (TPSA) is 251 Å². The van der Waals surface area contributed by atoms with E-state index in [2.05, 4.69) is 10.6 Å². The van der Waals surface area contributed by atoms with E-state index in [1.807, 2.05) is 127 Å². The van der Waals surface area contributed by atoms with Crippen LogP contribution >= 0.6 is 0 Å². The normalized spacial score (nSPS) is 10.1. The van der Waals surface area contributed by atoms with Gasteiger partial charge < -0.3 is 49.3 Å². The predicted molar refractivity (Wildman–Crippen MR) is 312 cm³/mol. The highest BCUT2D eigenvalue weighted by atomic mass is 16.5. The Hall–Kier alpha value is -10.2. The number of rotatable bonds is 19. The number of nitrogens with one attached hydrogen (secondary N) is 2. The van der Waals surface area contributed by atoms with E-state index in [0.717, 1.165) is 39.1 Å². The summed E-state index contributed by atoms with van der Waals surface area (Å²) in [6.07, 6.45) is 2.62. The quantitative estimate of drug-likeness (QED) is 0.0373. The Morgan fingerprint density at radius 2 is 0.741 bits per heavy atom. The van der Waals surface area contributed by atoms with Crippen LogP contribution in [0.25, 0.3) is 34.0 Å². The third kappa shape index (κ3) is 20.9. The van der Waals surface area contributed by atoms with Gasteiger partial charge in [0.1, 0.15) is 17.3 Å². The lowest BCUT2D eigenvalue weighted by molar-refractivity contribution is -0.144. The van der Waals surface area contributed by atoms with Gasteiger partial charge >= 0.3 is 23.9 Å². The number of nitrogen functional groups attached to an aromatic ring is 1. The molecule has 0 unspecified atom stereocenters. The molecule has 418 valence electrons. The number of aliphatic carboxylic acids is 1. The average Bonchev–Trinajstić information content (AvgIpc) is 4.30. The van der Waals surface area contributed by atoms with Crippen molar-refractivity contribution in [3.63, 3.8) is 0 Å². The lowest BCUT2D eigenvalue weighted by atomic mass is 10.1. The summed E-state index contributed by atoms with van der Waals surface area (Å²) in [4.78, 5) is 68.2. The molecule has 0 aliphatic rings. The summed E-state index contributed by atoms with van der Waals surface area (Å²) in [5.74, 6) is -0.578. The number of carboxylic acids is 2. The number of nitrogens with two attached hydrogens (primary N) is 1. The fourth-order valence-corrected chi connectivity index (χ4v) is 7.43. The molecule has 0 aliphatic heterocycles. The Morgan fingerprint density at radius 1 is 0.420 bits per heavy atom. The van der Waals surface area contributed by atoms with E-state index in [1.165, 1.54) is 6.07 Å². The highest BCUT2D eigenvalue weighted by molar-refractivity contribution is 6.03. The van der Waals surface area contributed by atoms with Crippen molar-refractivity contribution in [2.24, 2.45) is 0 Å². The molecular weight excluding hydrogens is 1030 g/mol. The van der Waals surface area contributed by atoms with Gasteiger partial charge in [-0.25, -0.2) is 4.79 Å². The number of aromatic carboxylic acids is 1. The van der Waals surface area contributed by atoms with Crippen molar-refractivity contribution in [2.45, 2.75) is 59.8 Å². The SMILES string of the molecule is C.CCOC(=O)CCc1ccc(N)cc1.CCOC(=O)CCc1ccc(NC(=O)c2ccc(-c3ccccc3)o2)cc1.O=C(O)CCc1ccc(NC(=O)c2ccc(-c3ccccc3)o2)cc1.O=C(O)c1ccc(-c2ccccc2)o1. The Morgan fingerprint density at radius 3 is 1.06 bits per heavy atom. The van der Waals surface area contributed by atoms with Crippen LogP contribution in [-0.2, 0) is 43.1 Å². The Kier molecular flexibility index (Phi) is 24.7. The van der Waals surface area contributed by atoms with Gasteiger partial charge in [-0.2, -0.15) is 0 Å². The highest BCUT2D eigenvalue weighted by Gasteiger charge is 2.15. The maximum Gasteiger partial charge on any atom is 0.371 e. The molecule has 9 rings (SSSR count). The maximum atomic E-state index is 12.4. The summed E-state index contributed by atoms with van der Waals surface area (Å²) in [5, 5.41) is 22.9. The second kappa shape index (κ2) is 32.5. The van der Waals surface area contributed by atoms with Crippen LogP contribution in [0.1, 0.15) is 88.9 Å². The molecule has 16 nitrogen and oxygen atoms in total. The minimum atomic E-state index is -1.05. The first-order valence-corrected chi connectivity index (χ1v) is 25.6. The van der Waals surface area contributed by atoms with Crippen LogP contribution in [0.4, 0.5) is 17.1 Å². The number of carbonyl (C=O) groups is 6. The summed E-state index contributed by atoms with van der Waals surface area (Å²) in [5.41, 5.74) is 13.3. The number of carbonyl (C=O) groups excluding carboxylic acids is 4. The molecule has 3 heterocycles. The molecule has 0 atom stereocenters. The molecular formula is C65H65N3O13. The Labute approximate surface area is 470 Å². The number of ether oxygens (including phenoxy) is 2. The number of anilines is 3. The van der Waals surface area contributed by atoms with E-state index >= 15 is 0 Å². The van der Waals surface area contributed by atoms with E-state index in [4.69, 9.17) is 38.7 Å². The zero-order valence-electron chi connectivity index (χ0n) is 44.2. The van der Waals surface area contributed by atoms with Gasteiger partial charge in [-0.05, 0) is 123 Å². The monoisotopic (exact) mass is 1100 g/mol. The van der Waals surface area contributed by atoms with Crippen molar-refractivity contribution >= 4 is 52.8 Å². The number of aryl methyl sites for hydroxylation is 3. The van der Waals surface area contributed by atoms with E-state index in [9.17, 15) is 28.8 Å². The van der Waals surface area contributed by atoms with Gasteiger partial charge in [-0.3, -0.25) is 24.0 Å². The van der Waals surface area contributed by atoms with E-state index < -0.39 is 11.9 Å². The number of hydrogen-bond acceptors (Lipinski definition) is 12. The second-order valence-electron chi connectivity index (χ2n) is 17.4. The number of esters is 2. The lowest BCUT2D eigenvalue weighted by Gasteiger charge is -2.06. The van der Waals surface area contributed by atoms with Crippen LogP contribution in [0, 0.1) is 0 Å². The Bertz CT molecular complexity index is 3370. The molecule has 6 aromatic carbocycles. The third-order valence-electron chi connectivity index (χ3n) is 11.5. The molecule has 0 radical (unpaired) electrons. The molecule has 81 heavy (non-hydrogen) atoms. The zero-order chi connectivity index (χ0) is 57.1. The molecule has 3 aromatic heterocycles. The maximum absolute atomic E-state index is 12.4. The number of furan rings is 3. The molecule has 16 heteroatoms. The summed E-state index contributed by atoms with van der Waals surface area (Å²) in [7, 11) is 0. The molecule has 9 aromatic rings. The van der Waals surface area contributed by atoms with Crippen LogP contribution in [0.5, 0.6) is 0 Å². The lowest BCUT2D eigenvalue weighted by Crippen LogP contribution is -2.10.